The molecule has 1 rings (SSSR count). The van der Waals surface area contributed by atoms with Gasteiger partial charge in [0, 0.05) is 5.56 Å². The lowest BCUT2D eigenvalue weighted by atomic mass is 10.2. The highest BCUT2D eigenvalue weighted by atomic mass is 35.9. The molecule has 0 fully saturated rings. The van der Waals surface area contributed by atoms with Crippen molar-refractivity contribution >= 4 is 55.8 Å². The second-order valence-electron chi connectivity index (χ2n) is 3.00. The molecule has 15 heavy (non-hydrogen) atoms. The average molecular weight is 303 g/mol. The second-order valence-corrected chi connectivity index (χ2v) is 15.9. The monoisotopic (exact) mass is 301 g/mol. The summed E-state index contributed by atoms with van der Waals surface area (Å²) in [6.45, 7) is 0. The van der Waals surface area contributed by atoms with Crippen LogP contribution < -0.4 is 0 Å². The Hall–Kier alpha value is 0.582. The predicted octanol–water partition coefficient (Wildman–Crippen LogP) is 3.75. The molecule has 0 saturated carbocycles. The summed E-state index contributed by atoms with van der Waals surface area (Å²) < 4.78 is 2.04. The maximum absolute atomic E-state index is 4.99. The highest BCUT2D eigenvalue weighted by molar-refractivity contribution is 7.81. The summed E-state index contributed by atoms with van der Waals surface area (Å²) >= 11 is 0. The van der Waals surface area contributed by atoms with Crippen LogP contribution in [0.2, 0.25) is 0 Å². The smallest absolute Gasteiger partial charge is 0.391 e. The molecule has 6 heteroatoms. The quantitative estimate of drug-likeness (QED) is 0.422. The van der Waals surface area contributed by atoms with E-state index in [1.54, 1.807) is 0 Å². The van der Waals surface area contributed by atoms with Gasteiger partial charge in [0.05, 0.1) is 0 Å². The number of benzene rings is 1. The molecule has 1 aromatic rings. The third-order valence-corrected chi connectivity index (χ3v) is 1.21. The number of hydrogen-bond acceptors (Lipinski definition) is 0. The van der Waals surface area contributed by atoms with Gasteiger partial charge in [-0.05, 0) is 12.1 Å². The number of nitrogens with zero attached hydrogens (tertiary/aromatic N) is 1. The summed E-state index contributed by atoms with van der Waals surface area (Å²) in [5.41, 5.74) is 1.24. The molecule has 0 spiro atoms. The van der Waals surface area contributed by atoms with Gasteiger partial charge in [0.2, 0.25) is 0 Å². The maximum Gasteiger partial charge on any atom is 0.564 e. The van der Waals surface area contributed by atoms with Gasteiger partial charge in [0.1, 0.15) is 14.1 Å². The van der Waals surface area contributed by atoms with E-state index in [2.05, 4.69) is 18.3 Å². The van der Waals surface area contributed by atoms with Gasteiger partial charge in [-0.15, -0.1) is 0 Å². The van der Waals surface area contributed by atoms with Crippen molar-refractivity contribution in [2.75, 3.05) is 14.1 Å². The Balaban J connectivity index is 0.000000336. The lowest BCUT2D eigenvalue weighted by Gasteiger charge is -1.97. The Morgan fingerprint density at radius 3 is 1.73 bits per heavy atom. The third kappa shape index (κ3) is 14.6. The summed E-state index contributed by atoms with van der Waals surface area (Å²) in [6, 6.07) is 10.3. The fraction of sp³-hybridized carbons (Fsp3) is 0.222. The van der Waals surface area contributed by atoms with Crippen molar-refractivity contribution in [1.29, 1.82) is 0 Å². The second kappa shape index (κ2) is 7.79. The van der Waals surface area contributed by atoms with E-state index in [4.69, 9.17) is 40.2 Å². The summed E-state index contributed by atoms with van der Waals surface area (Å²) in [5, 5.41) is 0. The molecule has 0 amide bonds. The predicted molar refractivity (Wildman–Crippen MR) is 72.9 cm³/mol. The van der Waals surface area contributed by atoms with Gasteiger partial charge in [0.15, 0.2) is 6.21 Å². The lowest BCUT2D eigenvalue weighted by molar-refractivity contribution is -0.458. The Morgan fingerprint density at radius 1 is 1.00 bits per heavy atom. The van der Waals surface area contributed by atoms with Crippen molar-refractivity contribution in [1.82, 2.24) is 0 Å². The van der Waals surface area contributed by atoms with Crippen molar-refractivity contribution in [2.24, 2.45) is 0 Å². The van der Waals surface area contributed by atoms with Gasteiger partial charge in [-0.25, -0.2) is 4.58 Å². The van der Waals surface area contributed by atoms with Crippen molar-refractivity contribution in [3.8, 4) is 0 Å². The van der Waals surface area contributed by atoms with Gasteiger partial charge in [-0.2, -0.15) is 0 Å². The minimum Gasteiger partial charge on any atom is -0.391 e. The molecule has 1 nitrogen and oxygen atoms in total. The van der Waals surface area contributed by atoms with Crippen LogP contribution in [0.15, 0.2) is 30.3 Å². The molecule has 0 unspecified atom stereocenters. The van der Waals surface area contributed by atoms with Gasteiger partial charge in [0.25, 0.3) is 0 Å². The Kier molecular flexibility index (Phi) is 8.09. The van der Waals surface area contributed by atoms with Crippen LogP contribution >= 0.6 is 40.2 Å². The normalized spacial score (nSPS) is 10.0. The van der Waals surface area contributed by atoms with Crippen molar-refractivity contribution < 1.29 is 4.58 Å². The summed E-state index contributed by atoms with van der Waals surface area (Å²) in [5.74, 6) is 0. The van der Waals surface area contributed by atoms with Gasteiger partial charge < -0.3 is 40.2 Å². The molecule has 0 atom stereocenters. The fourth-order valence-electron chi connectivity index (χ4n) is 0.837. The van der Waals surface area contributed by atoms with Crippen LogP contribution in [0.25, 0.3) is 0 Å². The van der Waals surface area contributed by atoms with Crippen LogP contribution in [0, 0.1) is 0 Å². The van der Waals surface area contributed by atoms with Crippen LogP contribution in [-0.4, -0.2) is 34.3 Å². The molecular weight excluding hydrogens is 291 g/mol. The van der Waals surface area contributed by atoms with E-state index in [1.807, 2.05) is 36.9 Å². The van der Waals surface area contributed by atoms with Crippen molar-refractivity contribution in [3.63, 3.8) is 0 Å². The van der Waals surface area contributed by atoms with Crippen LogP contribution in [0.4, 0.5) is 0 Å². The molecular formula is C9H12AlCl4N. The molecule has 84 valence electrons. The molecule has 0 saturated heterocycles. The number of hydrogen-bond donors (Lipinski definition) is 0. The fourth-order valence-corrected chi connectivity index (χ4v) is 0.837. The highest BCUT2D eigenvalue weighted by Gasteiger charge is 2.14. The Labute approximate surface area is 110 Å². The first kappa shape index (κ1) is 15.6. The summed E-state index contributed by atoms with van der Waals surface area (Å²) in [7, 11) is 21.1. The Bertz CT molecular complexity index is 298. The van der Waals surface area contributed by atoms with E-state index in [1.165, 1.54) is 5.56 Å². The minimum absolute atomic E-state index is 1.24. The summed E-state index contributed by atoms with van der Waals surface area (Å²) in [6.07, 6.45) is 2.08. The van der Waals surface area contributed by atoms with Crippen LogP contribution in [0.1, 0.15) is 5.56 Å². The Morgan fingerprint density at radius 2 is 1.40 bits per heavy atom. The minimum atomic E-state index is -2.94. The van der Waals surface area contributed by atoms with Gasteiger partial charge in [-0.1, -0.05) is 18.2 Å². The van der Waals surface area contributed by atoms with Crippen LogP contribution in [0.3, 0.4) is 0 Å². The summed E-state index contributed by atoms with van der Waals surface area (Å²) in [4.78, 5) is 0. The molecule has 0 aliphatic heterocycles. The van der Waals surface area contributed by atoms with Gasteiger partial charge >= 0.3 is 9.39 Å². The molecule has 0 aliphatic rings. The van der Waals surface area contributed by atoms with Crippen LogP contribution in [-0.2, 0) is 0 Å². The van der Waals surface area contributed by atoms with E-state index in [0.29, 0.717) is 0 Å². The van der Waals surface area contributed by atoms with Crippen LogP contribution in [0.5, 0.6) is 0 Å². The van der Waals surface area contributed by atoms with Gasteiger partial charge in [-0.3, -0.25) is 0 Å². The first-order valence-corrected chi connectivity index (χ1v) is 11.2. The zero-order valence-electron chi connectivity index (χ0n) is 8.50. The standard InChI is InChI=1S/C9H12N.Al.4ClH/c1-10(2)8-9-6-4-3-5-7-9;;;;;/h3-8H,1-2H3;;4*1H/q+1;+3;;;;/p-4. The maximum atomic E-state index is 4.99. The van der Waals surface area contributed by atoms with E-state index in [-0.39, 0.29) is 0 Å². The topological polar surface area (TPSA) is 3.01 Å². The molecule has 0 aliphatic carbocycles. The third-order valence-electron chi connectivity index (χ3n) is 1.21. The zero-order chi connectivity index (χ0) is 11.9. The molecule has 0 heterocycles. The van der Waals surface area contributed by atoms with E-state index >= 15 is 0 Å². The molecule has 0 radical (unpaired) electrons. The first-order valence-electron chi connectivity index (χ1n) is 4.22. The van der Waals surface area contributed by atoms with E-state index in [0.717, 1.165) is 0 Å². The molecule has 0 N–H and O–H groups in total. The molecule has 0 bridgehead atoms. The molecule has 1 aromatic carbocycles. The van der Waals surface area contributed by atoms with Crippen molar-refractivity contribution in [2.45, 2.75) is 0 Å². The van der Waals surface area contributed by atoms with Crippen molar-refractivity contribution in [3.05, 3.63) is 35.9 Å². The number of halogens is 4. The largest absolute Gasteiger partial charge is 0.564 e. The first-order chi connectivity index (χ1) is 6.79. The average Bonchev–Trinajstić information content (AvgIpc) is 2.01. The number of rotatable bonds is 1. The zero-order valence-corrected chi connectivity index (χ0v) is 12.7. The highest BCUT2D eigenvalue weighted by Crippen LogP contribution is 2.23. The SMILES string of the molecule is C[N+](C)=Cc1ccccc1.[Cl][Al-]([Cl])([Cl])[Cl]. The molecule has 0 aromatic heterocycles. The van der Waals surface area contributed by atoms with E-state index in [9.17, 15) is 0 Å². The van der Waals surface area contributed by atoms with E-state index < -0.39 is 9.39 Å². The lowest BCUT2D eigenvalue weighted by Crippen LogP contribution is -1.98.